The summed E-state index contributed by atoms with van der Waals surface area (Å²) in [5, 5.41) is 3.82. The Bertz CT molecular complexity index is 394. The second kappa shape index (κ2) is 4.70. The Morgan fingerprint density at radius 1 is 1.22 bits per heavy atom. The molecule has 1 N–H and O–H groups in total. The maximum atomic E-state index is 3.82. The summed E-state index contributed by atoms with van der Waals surface area (Å²) < 4.78 is 0. The molecule has 3 rings (SSSR count). The minimum atomic E-state index is 0.444. The molecule has 1 unspecified atom stereocenters. The van der Waals surface area contributed by atoms with Crippen LogP contribution in [0.5, 0.6) is 0 Å². The molecule has 0 spiro atoms. The van der Waals surface area contributed by atoms with Crippen LogP contribution in [0, 0.1) is 5.92 Å². The summed E-state index contributed by atoms with van der Waals surface area (Å²) >= 11 is 0. The molecule has 1 saturated carbocycles. The first-order chi connectivity index (χ1) is 8.70. The van der Waals surface area contributed by atoms with Crippen LogP contribution in [0.1, 0.15) is 56.6 Å². The Hall–Kier alpha value is -0.820. The molecule has 1 aromatic rings. The van der Waals surface area contributed by atoms with Gasteiger partial charge in [0.05, 0.1) is 0 Å². The summed E-state index contributed by atoms with van der Waals surface area (Å²) in [6.07, 6.45) is 6.86. The maximum absolute atomic E-state index is 3.82. The third kappa shape index (κ3) is 2.33. The van der Waals surface area contributed by atoms with E-state index in [0.717, 1.165) is 5.92 Å². The van der Waals surface area contributed by atoms with Crippen molar-refractivity contribution in [3.63, 3.8) is 0 Å². The van der Waals surface area contributed by atoms with Crippen molar-refractivity contribution in [1.82, 2.24) is 5.32 Å². The van der Waals surface area contributed by atoms with E-state index < -0.39 is 0 Å². The van der Waals surface area contributed by atoms with Gasteiger partial charge in [0.15, 0.2) is 0 Å². The van der Waals surface area contributed by atoms with Gasteiger partial charge in [-0.3, -0.25) is 0 Å². The lowest BCUT2D eigenvalue weighted by Gasteiger charge is -2.30. The first-order valence-corrected chi connectivity index (χ1v) is 7.53. The van der Waals surface area contributed by atoms with Crippen LogP contribution in [0.15, 0.2) is 24.3 Å². The van der Waals surface area contributed by atoms with E-state index in [1.165, 1.54) is 49.8 Å². The number of benzene rings is 1. The topological polar surface area (TPSA) is 12.0 Å². The SMILES string of the molecule is CC(C)c1ccc(CC2(C3CC3)CCCN2)cc1. The van der Waals surface area contributed by atoms with E-state index in [9.17, 15) is 0 Å². The van der Waals surface area contributed by atoms with Crippen molar-refractivity contribution in [3.8, 4) is 0 Å². The van der Waals surface area contributed by atoms with E-state index in [1.807, 2.05) is 0 Å². The summed E-state index contributed by atoms with van der Waals surface area (Å²) in [6, 6.07) is 9.32. The highest BCUT2D eigenvalue weighted by Gasteiger charge is 2.46. The minimum Gasteiger partial charge on any atom is -0.311 e. The molecule has 1 aliphatic carbocycles. The van der Waals surface area contributed by atoms with E-state index in [-0.39, 0.29) is 0 Å². The van der Waals surface area contributed by atoms with Gasteiger partial charge in [0, 0.05) is 5.54 Å². The van der Waals surface area contributed by atoms with Crippen LogP contribution >= 0.6 is 0 Å². The molecule has 18 heavy (non-hydrogen) atoms. The molecule has 2 aliphatic rings. The zero-order valence-electron chi connectivity index (χ0n) is 11.7. The Morgan fingerprint density at radius 2 is 1.94 bits per heavy atom. The molecule has 0 aromatic heterocycles. The van der Waals surface area contributed by atoms with Crippen LogP contribution < -0.4 is 5.32 Å². The van der Waals surface area contributed by atoms with Crippen molar-refractivity contribution in [2.75, 3.05) is 6.54 Å². The predicted octanol–water partition coefficient (Wildman–Crippen LogP) is 3.88. The fourth-order valence-corrected chi connectivity index (χ4v) is 3.49. The van der Waals surface area contributed by atoms with Crippen LogP contribution in [-0.2, 0) is 6.42 Å². The molecule has 2 fully saturated rings. The molecule has 1 aromatic carbocycles. The second-order valence-electron chi connectivity index (χ2n) is 6.53. The Labute approximate surface area is 111 Å². The Balaban J connectivity index is 1.74. The van der Waals surface area contributed by atoms with Gasteiger partial charge in [-0.05, 0) is 61.6 Å². The van der Waals surface area contributed by atoms with E-state index in [4.69, 9.17) is 0 Å². The predicted molar refractivity (Wildman–Crippen MR) is 76.9 cm³/mol. The quantitative estimate of drug-likeness (QED) is 0.846. The highest BCUT2D eigenvalue weighted by atomic mass is 15.0. The maximum Gasteiger partial charge on any atom is 0.0250 e. The van der Waals surface area contributed by atoms with Crippen LogP contribution in [0.4, 0.5) is 0 Å². The summed E-state index contributed by atoms with van der Waals surface area (Å²) in [5.74, 6) is 1.59. The van der Waals surface area contributed by atoms with Gasteiger partial charge in [0.2, 0.25) is 0 Å². The fraction of sp³-hybridized carbons (Fsp3) is 0.647. The Morgan fingerprint density at radius 3 is 2.44 bits per heavy atom. The van der Waals surface area contributed by atoms with Crippen LogP contribution in [0.2, 0.25) is 0 Å². The van der Waals surface area contributed by atoms with Crippen molar-refractivity contribution in [3.05, 3.63) is 35.4 Å². The smallest absolute Gasteiger partial charge is 0.0250 e. The van der Waals surface area contributed by atoms with E-state index >= 15 is 0 Å². The van der Waals surface area contributed by atoms with Crippen molar-refractivity contribution >= 4 is 0 Å². The first-order valence-electron chi connectivity index (χ1n) is 7.53. The largest absolute Gasteiger partial charge is 0.311 e. The van der Waals surface area contributed by atoms with Gasteiger partial charge in [0.25, 0.3) is 0 Å². The Kier molecular flexibility index (Phi) is 3.19. The molecule has 1 aliphatic heterocycles. The minimum absolute atomic E-state index is 0.444. The van der Waals surface area contributed by atoms with Crippen molar-refractivity contribution in [2.45, 2.75) is 57.4 Å². The molecule has 1 nitrogen and oxygen atoms in total. The molecular formula is C17H25N. The lowest BCUT2D eigenvalue weighted by Crippen LogP contribution is -2.44. The molecule has 0 radical (unpaired) electrons. The summed E-state index contributed by atoms with van der Waals surface area (Å²) in [4.78, 5) is 0. The normalized spacial score (nSPS) is 27.9. The zero-order chi connectivity index (χ0) is 12.6. The lowest BCUT2D eigenvalue weighted by atomic mass is 9.84. The average molecular weight is 243 g/mol. The molecule has 98 valence electrons. The van der Waals surface area contributed by atoms with E-state index in [1.54, 1.807) is 0 Å². The highest BCUT2D eigenvalue weighted by Crippen LogP contribution is 2.45. The van der Waals surface area contributed by atoms with E-state index in [0.29, 0.717) is 11.5 Å². The molecule has 1 heterocycles. The fourth-order valence-electron chi connectivity index (χ4n) is 3.49. The number of rotatable bonds is 4. The molecule has 1 atom stereocenters. The van der Waals surface area contributed by atoms with Gasteiger partial charge in [-0.2, -0.15) is 0 Å². The van der Waals surface area contributed by atoms with Crippen LogP contribution in [0.3, 0.4) is 0 Å². The van der Waals surface area contributed by atoms with Crippen molar-refractivity contribution in [2.24, 2.45) is 5.92 Å². The standard InChI is InChI=1S/C17H25N/c1-13(2)15-6-4-14(5-7-15)12-17(16-8-9-16)10-3-11-18-17/h4-7,13,16,18H,3,8-12H2,1-2H3. The molecule has 1 saturated heterocycles. The summed E-state index contributed by atoms with van der Waals surface area (Å²) in [7, 11) is 0. The van der Waals surface area contributed by atoms with Gasteiger partial charge >= 0.3 is 0 Å². The molecular weight excluding hydrogens is 218 g/mol. The summed E-state index contributed by atoms with van der Waals surface area (Å²) in [6.45, 7) is 5.75. The van der Waals surface area contributed by atoms with E-state index in [2.05, 4.69) is 43.4 Å². The monoisotopic (exact) mass is 243 g/mol. The number of hydrogen-bond acceptors (Lipinski definition) is 1. The molecule has 0 amide bonds. The van der Waals surface area contributed by atoms with Crippen molar-refractivity contribution in [1.29, 1.82) is 0 Å². The molecule has 0 bridgehead atoms. The van der Waals surface area contributed by atoms with Crippen LogP contribution in [-0.4, -0.2) is 12.1 Å². The number of hydrogen-bond donors (Lipinski definition) is 1. The van der Waals surface area contributed by atoms with Gasteiger partial charge in [0.1, 0.15) is 0 Å². The lowest BCUT2D eigenvalue weighted by molar-refractivity contribution is 0.323. The molecule has 1 heteroatoms. The third-order valence-corrected chi connectivity index (χ3v) is 4.80. The second-order valence-corrected chi connectivity index (χ2v) is 6.53. The average Bonchev–Trinajstić information content (AvgIpc) is 3.13. The van der Waals surface area contributed by atoms with Gasteiger partial charge in [-0.25, -0.2) is 0 Å². The summed E-state index contributed by atoms with van der Waals surface area (Å²) in [5.41, 5.74) is 3.42. The van der Waals surface area contributed by atoms with Crippen LogP contribution in [0.25, 0.3) is 0 Å². The van der Waals surface area contributed by atoms with Gasteiger partial charge in [-0.1, -0.05) is 38.1 Å². The zero-order valence-corrected chi connectivity index (χ0v) is 11.7. The number of nitrogens with one attached hydrogen (secondary N) is 1. The first kappa shape index (κ1) is 12.2. The third-order valence-electron chi connectivity index (χ3n) is 4.80. The van der Waals surface area contributed by atoms with Gasteiger partial charge in [-0.15, -0.1) is 0 Å². The van der Waals surface area contributed by atoms with Gasteiger partial charge < -0.3 is 5.32 Å². The van der Waals surface area contributed by atoms with Crippen molar-refractivity contribution < 1.29 is 0 Å². The highest BCUT2D eigenvalue weighted by molar-refractivity contribution is 5.27.